The van der Waals surface area contributed by atoms with Gasteiger partial charge in [0.25, 0.3) is 5.91 Å². The number of anilines is 1. The summed E-state index contributed by atoms with van der Waals surface area (Å²) in [5.74, 6) is 0.788. The molecule has 2 aromatic heterocycles. The summed E-state index contributed by atoms with van der Waals surface area (Å²) in [6.45, 7) is 3.43. The second-order valence-corrected chi connectivity index (χ2v) is 4.36. The Hall–Kier alpha value is -2.37. The molecular formula is C14H19N5O. The molecule has 0 aliphatic heterocycles. The van der Waals surface area contributed by atoms with Crippen molar-refractivity contribution in [2.24, 2.45) is 0 Å². The summed E-state index contributed by atoms with van der Waals surface area (Å²) < 4.78 is 0. The number of amides is 1. The number of nitrogens with one attached hydrogen (secondary N) is 3. The van der Waals surface area contributed by atoms with Crippen LogP contribution in [0.3, 0.4) is 0 Å². The van der Waals surface area contributed by atoms with Crippen molar-refractivity contribution in [3.63, 3.8) is 0 Å². The molecule has 0 aliphatic rings. The average Bonchev–Trinajstić information content (AvgIpc) is 2.97. The number of hydrogen-bond acceptors (Lipinski definition) is 4. The molecule has 0 spiro atoms. The number of nitrogens with zero attached hydrogens (tertiary/aromatic N) is 2. The molecule has 20 heavy (non-hydrogen) atoms. The number of rotatable bonds is 7. The number of carbonyl (C=O) groups is 1. The van der Waals surface area contributed by atoms with Crippen LogP contribution < -0.4 is 10.6 Å². The Labute approximate surface area is 118 Å². The van der Waals surface area contributed by atoms with Gasteiger partial charge in [0.15, 0.2) is 0 Å². The Bertz CT molecular complexity index is 538. The smallest absolute Gasteiger partial charge is 0.269 e. The van der Waals surface area contributed by atoms with Crippen LogP contribution in [0.2, 0.25) is 0 Å². The third-order valence-corrected chi connectivity index (χ3v) is 2.80. The SMILES string of the molecule is CCNc1ccnc(C(=O)NCCCc2ncc[nH]2)c1. The largest absolute Gasteiger partial charge is 0.385 e. The highest BCUT2D eigenvalue weighted by atomic mass is 16.1. The Balaban J connectivity index is 1.78. The predicted octanol–water partition coefficient (Wildman–Crippen LogP) is 1.60. The Kier molecular flexibility index (Phi) is 5.11. The summed E-state index contributed by atoms with van der Waals surface area (Å²) in [5.41, 5.74) is 1.34. The molecule has 2 aromatic rings. The van der Waals surface area contributed by atoms with E-state index >= 15 is 0 Å². The molecule has 0 saturated carbocycles. The number of pyridine rings is 1. The second kappa shape index (κ2) is 7.28. The van der Waals surface area contributed by atoms with Crippen molar-refractivity contribution >= 4 is 11.6 Å². The highest BCUT2D eigenvalue weighted by Crippen LogP contribution is 2.07. The first-order valence-corrected chi connectivity index (χ1v) is 6.76. The number of aromatic nitrogens is 3. The molecule has 0 unspecified atom stereocenters. The number of carbonyl (C=O) groups excluding carboxylic acids is 1. The Morgan fingerprint density at radius 2 is 2.25 bits per heavy atom. The summed E-state index contributed by atoms with van der Waals surface area (Å²) >= 11 is 0. The summed E-state index contributed by atoms with van der Waals surface area (Å²) in [4.78, 5) is 23.2. The zero-order valence-electron chi connectivity index (χ0n) is 11.5. The fraction of sp³-hybridized carbons (Fsp3) is 0.357. The molecule has 106 valence electrons. The minimum Gasteiger partial charge on any atom is -0.385 e. The van der Waals surface area contributed by atoms with E-state index < -0.39 is 0 Å². The lowest BCUT2D eigenvalue weighted by Gasteiger charge is -2.06. The fourth-order valence-corrected chi connectivity index (χ4v) is 1.85. The number of aryl methyl sites for hydroxylation is 1. The molecule has 0 aliphatic carbocycles. The molecular weight excluding hydrogens is 254 g/mol. The molecule has 0 fully saturated rings. The van der Waals surface area contributed by atoms with Crippen LogP contribution in [0.15, 0.2) is 30.7 Å². The van der Waals surface area contributed by atoms with E-state index in [1.54, 1.807) is 24.7 Å². The topological polar surface area (TPSA) is 82.7 Å². The molecule has 0 radical (unpaired) electrons. The molecule has 3 N–H and O–H groups in total. The molecule has 0 atom stereocenters. The highest BCUT2D eigenvalue weighted by molar-refractivity contribution is 5.93. The normalized spacial score (nSPS) is 10.2. The van der Waals surface area contributed by atoms with Gasteiger partial charge in [0.05, 0.1) is 0 Å². The van der Waals surface area contributed by atoms with Gasteiger partial charge in [0.2, 0.25) is 0 Å². The van der Waals surface area contributed by atoms with E-state index in [4.69, 9.17) is 0 Å². The number of imidazole rings is 1. The van der Waals surface area contributed by atoms with Gasteiger partial charge < -0.3 is 15.6 Å². The van der Waals surface area contributed by atoms with Gasteiger partial charge in [0.1, 0.15) is 11.5 Å². The molecule has 6 nitrogen and oxygen atoms in total. The third kappa shape index (κ3) is 4.08. The maximum atomic E-state index is 11.9. The van der Waals surface area contributed by atoms with E-state index in [1.807, 2.05) is 13.0 Å². The summed E-state index contributed by atoms with van der Waals surface area (Å²) in [7, 11) is 0. The van der Waals surface area contributed by atoms with Gasteiger partial charge in [-0.3, -0.25) is 9.78 Å². The lowest BCUT2D eigenvalue weighted by molar-refractivity contribution is 0.0948. The monoisotopic (exact) mass is 273 g/mol. The van der Waals surface area contributed by atoms with Crippen LogP contribution >= 0.6 is 0 Å². The summed E-state index contributed by atoms with van der Waals surface area (Å²) in [6, 6.07) is 3.60. The lowest BCUT2D eigenvalue weighted by Crippen LogP contribution is -2.25. The number of hydrogen-bond donors (Lipinski definition) is 3. The molecule has 0 bridgehead atoms. The fourth-order valence-electron chi connectivity index (χ4n) is 1.85. The van der Waals surface area contributed by atoms with Gasteiger partial charge in [-0.25, -0.2) is 4.98 Å². The average molecular weight is 273 g/mol. The predicted molar refractivity (Wildman–Crippen MR) is 77.6 cm³/mol. The Morgan fingerprint density at radius 1 is 1.35 bits per heavy atom. The maximum Gasteiger partial charge on any atom is 0.269 e. The molecule has 6 heteroatoms. The van der Waals surface area contributed by atoms with Gasteiger partial charge >= 0.3 is 0 Å². The minimum absolute atomic E-state index is 0.149. The van der Waals surface area contributed by atoms with E-state index in [2.05, 4.69) is 25.6 Å². The van der Waals surface area contributed by atoms with E-state index in [1.165, 1.54) is 0 Å². The van der Waals surface area contributed by atoms with Crippen LogP contribution in [0.4, 0.5) is 5.69 Å². The van der Waals surface area contributed by atoms with Crippen molar-refractivity contribution in [2.45, 2.75) is 19.8 Å². The number of H-pyrrole nitrogens is 1. The maximum absolute atomic E-state index is 11.9. The zero-order valence-corrected chi connectivity index (χ0v) is 11.5. The van der Waals surface area contributed by atoms with Crippen LogP contribution in [0.1, 0.15) is 29.7 Å². The zero-order chi connectivity index (χ0) is 14.2. The van der Waals surface area contributed by atoms with Crippen molar-refractivity contribution in [1.29, 1.82) is 0 Å². The van der Waals surface area contributed by atoms with Crippen molar-refractivity contribution in [3.05, 3.63) is 42.2 Å². The first-order chi connectivity index (χ1) is 9.79. The van der Waals surface area contributed by atoms with Crippen molar-refractivity contribution in [2.75, 3.05) is 18.4 Å². The summed E-state index contributed by atoms with van der Waals surface area (Å²) in [5, 5.41) is 6.02. The Morgan fingerprint density at radius 3 is 3.00 bits per heavy atom. The van der Waals surface area contributed by atoms with Crippen molar-refractivity contribution in [3.8, 4) is 0 Å². The van der Waals surface area contributed by atoms with Crippen LogP contribution in [0.5, 0.6) is 0 Å². The molecule has 2 heterocycles. The van der Waals surface area contributed by atoms with Crippen LogP contribution in [0, 0.1) is 0 Å². The number of aromatic amines is 1. The van der Waals surface area contributed by atoms with E-state index in [0.29, 0.717) is 12.2 Å². The first-order valence-electron chi connectivity index (χ1n) is 6.76. The molecule has 0 aromatic carbocycles. The van der Waals surface area contributed by atoms with Crippen molar-refractivity contribution in [1.82, 2.24) is 20.3 Å². The minimum atomic E-state index is -0.149. The quantitative estimate of drug-likeness (QED) is 0.669. The van der Waals surface area contributed by atoms with E-state index in [-0.39, 0.29) is 5.91 Å². The third-order valence-electron chi connectivity index (χ3n) is 2.80. The van der Waals surface area contributed by atoms with E-state index in [9.17, 15) is 4.79 Å². The van der Waals surface area contributed by atoms with Gasteiger partial charge in [-0.2, -0.15) is 0 Å². The van der Waals surface area contributed by atoms with Crippen LogP contribution in [-0.2, 0) is 6.42 Å². The standard InChI is InChI=1S/C14H19N5O/c1-2-15-11-5-7-16-12(10-11)14(20)19-6-3-4-13-17-8-9-18-13/h5,7-10H,2-4,6H2,1H3,(H,15,16)(H,17,18)(H,19,20). The van der Waals surface area contributed by atoms with Crippen LogP contribution in [-0.4, -0.2) is 33.9 Å². The second-order valence-electron chi connectivity index (χ2n) is 4.36. The summed E-state index contributed by atoms with van der Waals surface area (Å²) in [6.07, 6.45) is 6.81. The van der Waals surface area contributed by atoms with Gasteiger partial charge in [-0.15, -0.1) is 0 Å². The van der Waals surface area contributed by atoms with Gasteiger partial charge in [-0.1, -0.05) is 0 Å². The highest BCUT2D eigenvalue weighted by Gasteiger charge is 2.07. The van der Waals surface area contributed by atoms with Gasteiger partial charge in [0, 0.05) is 43.8 Å². The van der Waals surface area contributed by atoms with Crippen LogP contribution in [0.25, 0.3) is 0 Å². The first kappa shape index (κ1) is 14.0. The van der Waals surface area contributed by atoms with Gasteiger partial charge in [-0.05, 0) is 25.5 Å². The van der Waals surface area contributed by atoms with Crippen molar-refractivity contribution < 1.29 is 4.79 Å². The molecule has 2 rings (SSSR count). The molecule has 1 amide bonds. The van der Waals surface area contributed by atoms with E-state index in [0.717, 1.165) is 30.9 Å². The molecule has 0 saturated heterocycles. The lowest BCUT2D eigenvalue weighted by atomic mass is 10.2.